The van der Waals surface area contributed by atoms with Gasteiger partial charge in [-0.15, -0.1) is 12.6 Å². The molecule has 0 heterocycles. The molecule has 22 heavy (non-hydrogen) atoms. The van der Waals surface area contributed by atoms with Crippen LogP contribution in [0.5, 0.6) is 0 Å². The quantitative estimate of drug-likeness (QED) is 0.481. The summed E-state index contributed by atoms with van der Waals surface area (Å²) < 4.78 is 11.8. The number of carbonyl (C=O) groups is 1. The molecule has 1 unspecified atom stereocenters. The van der Waals surface area contributed by atoms with E-state index in [2.05, 4.69) is 47.2 Å². The maximum atomic E-state index is 10.8. The minimum absolute atomic E-state index is 0.0212. The van der Waals surface area contributed by atoms with Gasteiger partial charge in [0.15, 0.2) is 0 Å². The van der Waals surface area contributed by atoms with Crippen LogP contribution in [0.3, 0.4) is 0 Å². The topological polar surface area (TPSA) is 55.8 Å². The first-order valence-corrected chi connectivity index (χ1v) is 8.27. The van der Waals surface area contributed by atoms with E-state index < -0.39 is 16.5 Å². The molecule has 0 rings (SSSR count). The van der Waals surface area contributed by atoms with Crippen LogP contribution in [0.2, 0.25) is 0 Å². The van der Waals surface area contributed by atoms with Crippen molar-refractivity contribution in [2.45, 2.75) is 90.8 Å². The Hall–Kier alpha value is -0.260. The SMILES string of the molecule is CC(C)(C)CC(C)(C)OC(C)(S)CCOC(C)(C)CC(=O)O. The lowest BCUT2D eigenvalue weighted by Gasteiger charge is -2.39. The van der Waals surface area contributed by atoms with Gasteiger partial charge in [0.05, 0.1) is 24.2 Å². The summed E-state index contributed by atoms with van der Waals surface area (Å²) in [4.78, 5) is 10.2. The predicted molar refractivity (Wildman–Crippen MR) is 93.5 cm³/mol. The number of aliphatic carboxylic acids is 1. The molecule has 0 aliphatic rings. The van der Waals surface area contributed by atoms with E-state index in [0.717, 1.165) is 6.42 Å². The van der Waals surface area contributed by atoms with Crippen LogP contribution in [0.15, 0.2) is 0 Å². The fraction of sp³-hybridized carbons (Fsp3) is 0.941. The second-order valence-corrected chi connectivity index (χ2v) is 9.65. The van der Waals surface area contributed by atoms with Crippen molar-refractivity contribution in [1.82, 2.24) is 0 Å². The standard InChI is InChI=1S/C17H34O4S/c1-14(2,3)12-16(6,7)21-17(8,22)9-10-20-15(4,5)11-13(18)19/h22H,9-12H2,1-8H3,(H,18,19). The van der Waals surface area contributed by atoms with E-state index in [9.17, 15) is 4.79 Å². The Morgan fingerprint density at radius 3 is 1.91 bits per heavy atom. The van der Waals surface area contributed by atoms with Gasteiger partial charge in [-0.25, -0.2) is 0 Å². The molecule has 0 aliphatic carbocycles. The molecular weight excluding hydrogens is 300 g/mol. The van der Waals surface area contributed by atoms with Gasteiger partial charge in [-0.05, 0) is 46.5 Å². The van der Waals surface area contributed by atoms with Crippen LogP contribution < -0.4 is 0 Å². The zero-order valence-electron chi connectivity index (χ0n) is 15.4. The highest BCUT2D eigenvalue weighted by atomic mass is 32.1. The van der Waals surface area contributed by atoms with Gasteiger partial charge in [0, 0.05) is 6.42 Å². The summed E-state index contributed by atoms with van der Waals surface area (Å²) in [5.41, 5.74) is -0.796. The van der Waals surface area contributed by atoms with Gasteiger partial charge in [0.25, 0.3) is 0 Å². The average molecular weight is 335 g/mol. The molecule has 0 radical (unpaired) electrons. The highest BCUT2D eigenvalue weighted by Crippen LogP contribution is 2.35. The first-order valence-electron chi connectivity index (χ1n) is 7.82. The van der Waals surface area contributed by atoms with Gasteiger partial charge in [-0.1, -0.05) is 20.8 Å². The fourth-order valence-corrected chi connectivity index (χ4v) is 3.23. The van der Waals surface area contributed by atoms with E-state index in [1.165, 1.54) is 0 Å². The monoisotopic (exact) mass is 334 g/mol. The Bertz CT molecular complexity index is 367. The number of hydrogen-bond acceptors (Lipinski definition) is 4. The molecular formula is C17H34O4S. The van der Waals surface area contributed by atoms with E-state index in [1.54, 1.807) is 13.8 Å². The molecule has 0 aromatic carbocycles. The summed E-state index contributed by atoms with van der Waals surface area (Å²) in [5.74, 6) is -0.860. The van der Waals surface area contributed by atoms with Gasteiger partial charge >= 0.3 is 5.97 Å². The molecule has 1 atom stereocenters. The lowest BCUT2D eigenvalue weighted by Crippen LogP contribution is -2.39. The van der Waals surface area contributed by atoms with Crippen LogP contribution in [-0.2, 0) is 14.3 Å². The van der Waals surface area contributed by atoms with E-state index >= 15 is 0 Å². The predicted octanol–water partition coefficient (Wildman–Crippen LogP) is 4.52. The largest absolute Gasteiger partial charge is 0.481 e. The second kappa shape index (κ2) is 7.54. The van der Waals surface area contributed by atoms with Gasteiger partial charge in [-0.2, -0.15) is 0 Å². The second-order valence-electron chi connectivity index (χ2n) is 8.70. The molecule has 0 aromatic heterocycles. The van der Waals surface area contributed by atoms with Crippen LogP contribution in [0.25, 0.3) is 0 Å². The number of hydrogen-bond donors (Lipinski definition) is 2. The van der Waals surface area contributed by atoms with Crippen molar-refractivity contribution in [2.24, 2.45) is 5.41 Å². The molecule has 5 heteroatoms. The number of rotatable bonds is 9. The Morgan fingerprint density at radius 2 is 1.50 bits per heavy atom. The average Bonchev–Trinajstić information content (AvgIpc) is 2.06. The normalized spacial score (nSPS) is 16.4. The van der Waals surface area contributed by atoms with Crippen LogP contribution in [0.1, 0.15) is 74.7 Å². The molecule has 0 spiro atoms. The Morgan fingerprint density at radius 1 is 1.00 bits per heavy atom. The Labute approximate surface area is 141 Å². The van der Waals surface area contributed by atoms with Crippen molar-refractivity contribution in [3.63, 3.8) is 0 Å². The van der Waals surface area contributed by atoms with Gasteiger partial charge in [0.2, 0.25) is 0 Å². The van der Waals surface area contributed by atoms with Gasteiger partial charge < -0.3 is 14.6 Å². The van der Waals surface area contributed by atoms with Crippen LogP contribution >= 0.6 is 12.6 Å². The molecule has 0 bridgehead atoms. The lowest BCUT2D eigenvalue weighted by atomic mass is 9.83. The highest BCUT2D eigenvalue weighted by molar-refractivity contribution is 7.81. The van der Waals surface area contributed by atoms with Crippen molar-refractivity contribution in [1.29, 1.82) is 0 Å². The lowest BCUT2D eigenvalue weighted by molar-refractivity contribution is -0.145. The summed E-state index contributed by atoms with van der Waals surface area (Å²) in [7, 11) is 0. The van der Waals surface area contributed by atoms with Crippen molar-refractivity contribution < 1.29 is 19.4 Å². The maximum absolute atomic E-state index is 10.8. The molecule has 132 valence electrons. The summed E-state index contributed by atoms with van der Waals surface area (Å²) in [6.45, 7) is 16.6. The van der Waals surface area contributed by atoms with Crippen molar-refractivity contribution in [2.75, 3.05) is 6.61 Å². The highest BCUT2D eigenvalue weighted by Gasteiger charge is 2.34. The van der Waals surface area contributed by atoms with E-state index in [0.29, 0.717) is 13.0 Å². The zero-order chi connectivity index (χ0) is 17.8. The van der Waals surface area contributed by atoms with Gasteiger partial charge in [-0.3, -0.25) is 4.79 Å². The van der Waals surface area contributed by atoms with Crippen molar-refractivity contribution in [3.8, 4) is 0 Å². The number of carboxylic acids is 1. The maximum Gasteiger partial charge on any atom is 0.306 e. The van der Waals surface area contributed by atoms with Crippen LogP contribution in [0.4, 0.5) is 0 Å². The minimum atomic E-state index is -0.860. The number of thiol groups is 1. The molecule has 1 N–H and O–H groups in total. The molecule has 0 fully saturated rings. The first-order chi connectivity index (χ1) is 9.54. The van der Waals surface area contributed by atoms with Gasteiger partial charge in [0.1, 0.15) is 4.93 Å². The third kappa shape index (κ3) is 11.3. The molecule has 0 saturated heterocycles. The zero-order valence-corrected chi connectivity index (χ0v) is 16.3. The van der Waals surface area contributed by atoms with E-state index in [1.807, 2.05) is 6.92 Å². The van der Waals surface area contributed by atoms with Crippen LogP contribution in [0, 0.1) is 5.41 Å². The molecule has 0 amide bonds. The fourth-order valence-electron chi connectivity index (χ4n) is 2.89. The van der Waals surface area contributed by atoms with E-state index in [-0.39, 0.29) is 17.4 Å². The van der Waals surface area contributed by atoms with Crippen LogP contribution in [-0.4, -0.2) is 33.8 Å². The Kier molecular flexibility index (Phi) is 7.45. The van der Waals surface area contributed by atoms with Crippen molar-refractivity contribution >= 4 is 18.6 Å². The minimum Gasteiger partial charge on any atom is -0.481 e. The Balaban J connectivity index is 4.44. The molecule has 0 aliphatic heterocycles. The third-order valence-electron chi connectivity index (χ3n) is 3.09. The number of ether oxygens (including phenoxy) is 2. The third-order valence-corrected chi connectivity index (χ3v) is 3.40. The summed E-state index contributed by atoms with van der Waals surface area (Å²) in [5, 5.41) is 8.85. The first kappa shape index (κ1) is 21.7. The summed E-state index contributed by atoms with van der Waals surface area (Å²) >= 11 is 4.61. The summed E-state index contributed by atoms with van der Waals surface area (Å²) in [6.07, 6.45) is 1.49. The molecule has 0 saturated carbocycles. The molecule has 0 aromatic rings. The number of carboxylic acid groups (broad SMARTS) is 1. The van der Waals surface area contributed by atoms with E-state index in [4.69, 9.17) is 14.6 Å². The molecule has 4 nitrogen and oxygen atoms in total. The smallest absolute Gasteiger partial charge is 0.306 e. The summed E-state index contributed by atoms with van der Waals surface area (Å²) in [6, 6.07) is 0. The van der Waals surface area contributed by atoms with Crippen molar-refractivity contribution in [3.05, 3.63) is 0 Å².